The highest BCUT2D eigenvalue weighted by atomic mass is 16.1. The average molecular weight is 276 g/mol. The number of pyridine rings is 2. The molecule has 0 unspecified atom stereocenters. The molecule has 0 atom stereocenters. The van der Waals surface area contributed by atoms with Gasteiger partial charge in [-0.25, -0.2) is 0 Å². The van der Waals surface area contributed by atoms with Crippen LogP contribution in [0.4, 0.5) is 0 Å². The van der Waals surface area contributed by atoms with Crippen LogP contribution in [-0.2, 0) is 4.79 Å². The zero-order valence-electron chi connectivity index (χ0n) is 11.7. The van der Waals surface area contributed by atoms with E-state index in [1.165, 1.54) is 0 Å². The van der Waals surface area contributed by atoms with Crippen molar-refractivity contribution < 1.29 is 4.79 Å². The second-order valence-electron chi connectivity index (χ2n) is 5.09. The van der Waals surface area contributed by atoms with Crippen molar-refractivity contribution >= 4 is 17.9 Å². The smallest absolute Gasteiger partial charge is 0.185 e. The molecule has 0 aliphatic heterocycles. The molecule has 1 aliphatic rings. The third kappa shape index (κ3) is 3.31. The van der Waals surface area contributed by atoms with Crippen LogP contribution in [0.25, 0.3) is 12.2 Å². The predicted molar refractivity (Wildman–Crippen MR) is 83.3 cm³/mol. The number of hydrogen-bond donors (Lipinski definition) is 0. The minimum absolute atomic E-state index is 0.147. The minimum Gasteiger partial charge on any atom is -0.289 e. The maximum Gasteiger partial charge on any atom is 0.185 e. The molecule has 0 spiro atoms. The summed E-state index contributed by atoms with van der Waals surface area (Å²) in [5.74, 6) is 0.147. The van der Waals surface area contributed by atoms with Gasteiger partial charge in [-0.15, -0.1) is 0 Å². The lowest BCUT2D eigenvalue weighted by Crippen LogP contribution is -2.12. The van der Waals surface area contributed by atoms with Crippen molar-refractivity contribution in [2.75, 3.05) is 0 Å². The summed E-state index contributed by atoms with van der Waals surface area (Å²) in [4.78, 5) is 20.7. The lowest BCUT2D eigenvalue weighted by molar-refractivity contribution is -0.112. The molecular formula is C18H16N2O. The summed E-state index contributed by atoms with van der Waals surface area (Å²) in [6.45, 7) is 0. The Bertz CT molecular complexity index is 628. The summed E-state index contributed by atoms with van der Waals surface area (Å²) in [7, 11) is 0. The molecule has 2 aromatic rings. The molecule has 0 bridgehead atoms. The van der Waals surface area contributed by atoms with Gasteiger partial charge < -0.3 is 0 Å². The third-order valence-corrected chi connectivity index (χ3v) is 3.53. The van der Waals surface area contributed by atoms with Gasteiger partial charge in [-0.2, -0.15) is 0 Å². The van der Waals surface area contributed by atoms with E-state index in [2.05, 4.69) is 9.97 Å². The molecular weight excluding hydrogens is 260 g/mol. The summed E-state index contributed by atoms with van der Waals surface area (Å²) in [5.41, 5.74) is 3.68. The highest BCUT2D eigenvalue weighted by Gasteiger charge is 2.20. The third-order valence-electron chi connectivity index (χ3n) is 3.53. The molecule has 1 fully saturated rings. The van der Waals surface area contributed by atoms with E-state index in [-0.39, 0.29) is 5.78 Å². The molecule has 3 heteroatoms. The first-order valence-corrected chi connectivity index (χ1v) is 7.09. The van der Waals surface area contributed by atoms with E-state index >= 15 is 0 Å². The number of allylic oxidation sites excluding steroid dienone is 2. The Kier molecular flexibility index (Phi) is 4.01. The van der Waals surface area contributed by atoms with Crippen molar-refractivity contribution in [3.05, 3.63) is 71.3 Å². The lowest BCUT2D eigenvalue weighted by atomic mass is 9.87. The van der Waals surface area contributed by atoms with Crippen LogP contribution < -0.4 is 0 Å². The summed E-state index contributed by atoms with van der Waals surface area (Å²) in [6, 6.07) is 7.69. The Hall–Kier alpha value is -2.55. The van der Waals surface area contributed by atoms with Crippen molar-refractivity contribution in [3.63, 3.8) is 0 Å². The molecule has 0 amide bonds. The lowest BCUT2D eigenvalue weighted by Gasteiger charge is -2.16. The Balaban J connectivity index is 1.88. The molecule has 2 aromatic heterocycles. The van der Waals surface area contributed by atoms with Crippen molar-refractivity contribution in [3.8, 4) is 0 Å². The van der Waals surface area contributed by atoms with Gasteiger partial charge in [-0.3, -0.25) is 14.8 Å². The molecule has 1 aliphatic carbocycles. The monoisotopic (exact) mass is 276 g/mol. The number of Topliss-reactive ketones (excluding diaryl/α,β-unsaturated/α-hetero) is 1. The van der Waals surface area contributed by atoms with Crippen LogP contribution in [0.5, 0.6) is 0 Å². The molecule has 0 aromatic carbocycles. The fourth-order valence-electron chi connectivity index (χ4n) is 2.50. The highest BCUT2D eigenvalue weighted by molar-refractivity contribution is 6.13. The van der Waals surface area contributed by atoms with Gasteiger partial charge in [0.15, 0.2) is 5.78 Å². The van der Waals surface area contributed by atoms with Crippen LogP contribution in [0.3, 0.4) is 0 Å². The van der Waals surface area contributed by atoms with Gasteiger partial charge in [0.2, 0.25) is 0 Å². The fourth-order valence-corrected chi connectivity index (χ4v) is 2.50. The number of carbonyl (C=O) groups excluding carboxylic acids is 1. The van der Waals surface area contributed by atoms with Gasteiger partial charge in [0.25, 0.3) is 0 Å². The maximum absolute atomic E-state index is 12.6. The summed E-state index contributed by atoms with van der Waals surface area (Å²) in [5, 5.41) is 0. The van der Waals surface area contributed by atoms with E-state index in [0.29, 0.717) is 0 Å². The van der Waals surface area contributed by atoms with Gasteiger partial charge in [0.05, 0.1) is 0 Å². The largest absolute Gasteiger partial charge is 0.289 e. The van der Waals surface area contributed by atoms with Crippen LogP contribution in [0.2, 0.25) is 0 Å². The second kappa shape index (κ2) is 6.27. The number of hydrogen-bond acceptors (Lipinski definition) is 3. The number of nitrogens with zero attached hydrogens (tertiary/aromatic N) is 2. The Labute approximate surface area is 124 Å². The Morgan fingerprint density at radius 2 is 1.38 bits per heavy atom. The van der Waals surface area contributed by atoms with E-state index in [0.717, 1.165) is 41.5 Å². The van der Waals surface area contributed by atoms with Crippen molar-refractivity contribution in [1.82, 2.24) is 9.97 Å². The zero-order chi connectivity index (χ0) is 14.5. The van der Waals surface area contributed by atoms with Gasteiger partial charge in [-0.05, 0) is 54.7 Å². The van der Waals surface area contributed by atoms with Crippen molar-refractivity contribution in [1.29, 1.82) is 0 Å². The molecule has 3 nitrogen and oxygen atoms in total. The van der Waals surface area contributed by atoms with Gasteiger partial charge in [-0.1, -0.05) is 12.1 Å². The number of rotatable bonds is 2. The molecule has 2 heterocycles. The molecule has 0 saturated heterocycles. The quantitative estimate of drug-likeness (QED) is 0.785. The molecule has 104 valence electrons. The zero-order valence-corrected chi connectivity index (χ0v) is 11.7. The second-order valence-corrected chi connectivity index (χ2v) is 5.09. The first-order valence-electron chi connectivity index (χ1n) is 7.09. The highest BCUT2D eigenvalue weighted by Crippen LogP contribution is 2.27. The molecule has 3 rings (SSSR count). The van der Waals surface area contributed by atoms with Gasteiger partial charge in [0.1, 0.15) is 0 Å². The normalized spacial score (nSPS) is 19.1. The summed E-state index contributed by atoms with van der Waals surface area (Å²) in [6.07, 6.45) is 13.6. The van der Waals surface area contributed by atoms with Gasteiger partial charge in [0, 0.05) is 35.9 Å². The van der Waals surface area contributed by atoms with E-state index < -0.39 is 0 Å². The standard InChI is InChI=1S/C18H16N2O/c21-18-16(10-14-4-2-8-19-12-14)6-1-7-17(18)11-15-5-3-9-20-13-15/h2-5,8-13H,1,6-7H2/b16-10-,17-11+. The predicted octanol–water partition coefficient (Wildman–Crippen LogP) is 3.70. The van der Waals surface area contributed by atoms with Crippen LogP contribution in [0.15, 0.2) is 60.2 Å². The number of carbonyl (C=O) groups is 1. The minimum atomic E-state index is 0.147. The van der Waals surface area contributed by atoms with Crippen LogP contribution in [0, 0.1) is 0 Å². The number of ketones is 1. The fraction of sp³-hybridized carbons (Fsp3) is 0.167. The van der Waals surface area contributed by atoms with Crippen LogP contribution >= 0.6 is 0 Å². The SMILES string of the molecule is O=C1/C(=C\c2cccnc2)CCC/C1=C\c1cccnc1. The molecule has 0 N–H and O–H groups in total. The molecule has 1 saturated carbocycles. The van der Waals surface area contributed by atoms with E-state index in [1.807, 2.05) is 36.4 Å². The number of aromatic nitrogens is 2. The van der Waals surface area contributed by atoms with Crippen molar-refractivity contribution in [2.45, 2.75) is 19.3 Å². The van der Waals surface area contributed by atoms with E-state index in [1.54, 1.807) is 24.8 Å². The maximum atomic E-state index is 12.6. The van der Waals surface area contributed by atoms with Crippen molar-refractivity contribution in [2.24, 2.45) is 0 Å². The van der Waals surface area contributed by atoms with Gasteiger partial charge >= 0.3 is 0 Å². The van der Waals surface area contributed by atoms with Crippen LogP contribution in [0.1, 0.15) is 30.4 Å². The molecule has 0 radical (unpaired) electrons. The average Bonchev–Trinajstić information content (AvgIpc) is 2.53. The Morgan fingerprint density at radius 1 is 0.857 bits per heavy atom. The summed E-state index contributed by atoms with van der Waals surface area (Å²) >= 11 is 0. The van der Waals surface area contributed by atoms with Crippen LogP contribution in [-0.4, -0.2) is 15.8 Å². The van der Waals surface area contributed by atoms with E-state index in [4.69, 9.17) is 0 Å². The first kappa shape index (κ1) is 13.4. The topological polar surface area (TPSA) is 42.9 Å². The first-order chi connectivity index (χ1) is 10.3. The summed E-state index contributed by atoms with van der Waals surface area (Å²) < 4.78 is 0. The molecule has 21 heavy (non-hydrogen) atoms. The van der Waals surface area contributed by atoms with E-state index in [9.17, 15) is 4.79 Å². The Morgan fingerprint density at radius 3 is 1.81 bits per heavy atom.